The van der Waals surface area contributed by atoms with Gasteiger partial charge in [-0.25, -0.2) is 4.79 Å². The predicted molar refractivity (Wildman–Crippen MR) is 63.6 cm³/mol. The van der Waals surface area contributed by atoms with E-state index in [2.05, 4.69) is 10.1 Å². The standard InChI is InChI=1S/C9H9N5O2S/c1-4-11-14-5-6(10-8(14)17-4)12(2)9(16)13(3)7(5)15/h1-3H3. The number of hydrogen-bond donors (Lipinski definition) is 0. The highest BCUT2D eigenvalue weighted by Gasteiger charge is 2.17. The smallest absolute Gasteiger partial charge is 0.279 e. The van der Waals surface area contributed by atoms with Gasteiger partial charge in [-0.2, -0.15) is 14.6 Å². The van der Waals surface area contributed by atoms with Crippen LogP contribution in [0.2, 0.25) is 0 Å². The molecule has 3 aromatic heterocycles. The first kappa shape index (κ1) is 10.2. The maximum absolute atomic E-state index is 12.0. The molecule has 0 bridgehead atoms. The van der Waals surface area contributed by atoms with Crippen molar-refractivity contribution in [2.45, 2.75) is 6.92 Å². The minimum Gasteiger partial charge on any atom is -0.279 e. The number of imidazole rings is 1. The Kier molecular flexibility index (Phi) is 1.82. The molecule has 3 rings (SSSR count). The zero-order chi connectivity index (χ0) is 12.3. The highest BCUT2D eigenvalue weighted by molar-refractivity contribution is 7.16. The lowest BCUT2D eigenvalue weighted by atomic mass is 10.5. The number of nitrogens with zero attached hydrogens (tertiary/aromatic N) is 5. The Bertz CT molecular complexity index is 865. The Labute approximate surface area is 98.6 Å². The number of rotatable bonds is 0. The van der Waals surface area contributed by atoms with Crippen molar-refractivity contribution >= 4 is 27.5 Å². The van der Waals surface area contributed by atoms with Gasteiger partial charge < -0.3 is 0 Å². The van der Waals surface area contributed by atoms with Gasteiger partial charge in [-0.3, -0.25) is 13.9 Å². The summed E-state index contributed by atoms with van der Waals surface area (Å²) in [6.45, 7) is 1.84. The van der Waals surface area contributed by atoms with Crippen LogP contribution >= 0.6 is 11.3 Å². The monoisotopic (exact) mass is 251 g/mol. The molecule has 0 saturated carbocycles. The van der Waals surface area contributed by atoms with E-state index in [9.17, 15) is 9.59 Å². The zero-order valence-corrected chi connectivity index (χ0v) is 10.3. The zero-order valence-electron chi connectivity index (χ0n) is 9.46. The third-order valence-corrected chi connectivity index (χ3v) is 3.51. The largest absolute Gasteiger partial charge is 0.332 e. The van der Waals surface area contributed by atoms with Crippen LogP contribution in [0.25, 0.3) is 16.1 Å². The summed E-state index contributed by atoms with van der Waals surface area (Å²) in [5, 5.41) is 5.04. The van der Waals surface area contributed by atoms with Gasteiger partial charge >= 0.3 is 5.69 Å². The fraction of sp³-hybridized carbons (Fsp3) is 0.333. The van der Waals surface area contributed by atoms with Gasteiger partial charge in [0.1, 0.15) is 5.01 Å². The summed E-state index contributed by atoms with van der Waals surface area (Å²) in [5.74, 6) is 0. The summed E-state index contributed by atoms with van der Waals surface area (Å²) in [4.78, 5) is 28.7. The van der Waals surface area contributed by atoms with Gasteiger partial charge in [0, 0.05) is 14.1 Å². The molecule has 0 aliphatic carbocycles. The molecule has 3 heterocycles. The molecule has 0 aliphatic rings. The molecule has 7 nitrogen and oxygen atoms in total. The Morgan fingerprint density at radius 2 is 1.88 bits per heavy atom. The van der Waals surface area contributed by atoms with Gasteiger partial charge in [0.25, 0.3) is 5.56 Å². The quantitative estimate of drug-likeness (QED) is 0.547. The number of hydrogen-bond acceptors (Lipinski definition) is 5. The summed E-state index contributed by atoms with van der Waals surface area (Å²) in [7, 11) is 3.04. The van der Waals surface area contributed by atoms with Crippen molar-refractivity contribution in [3.05, 3.63) is 25.8 Å². The molecule has 88 valence electrons. The highest BCUT2D eigenvalue weighted by Crippen LogP contribution is 2.17. The molecule has 0 saturated heterocycles. The van der Waals surface area contributed by atoms with Crippen molar-refractivity contribution in [1.82, 2.24) is 23.7 Å². The molecule has 17 heavy (non-hydrogen) atoms. The molecule has 0 spiro atoms. The lowest BCUT2D eigenvalue weighted by Crippen LogP contribution is -2.37. The lowest BCUT2D eigenvalue weighted by molar-refractivity contribution is 0.706. The summed E-state index contributed by atoms with van der Waals surface area (Å²) < 4.78 is 3.91. The molecule has 8 heteroatoms. The third-order valence-electron chi connectivity index (χ3n) is 2.68. The molecule has 0 fully saturated rings. The summed E-state index contributed by atoms with van der Waals surface area (Å²) in [5.41, 5.74) is -0.0447. The number of aromatic nitrogens is 5. The molecule has 0 N–H and O–H groups in total. The first-order valence-corrected chi connectivity index (χ1v) is 5.74. The van der Waals surface area contributed by atoms with Crippen molar-refractivity contribution in [3.63, 3.8) is 0 Å². The van der Waals surface area contributed by atoms with Crippen LogP contribution in [-0.4, -0.2) is 23.7 Å². The molecule has 0 aliphatic heterocycles. The third kappa shape index (κ3) is 1.15. The van der Waals surface area contributed by atoms with E-state index in [-0.39, 0.29) is 11.2 Å². The van der Waals surface area contributed by atoms with Crippen molar-refractivity contribution in [2.75, 3.05) is 0 Å². The van der Waals surface area contributed by atoms with Gasteiger partial charge in [0.15, 0.2) is 11.2 Å². The van der Waals surface area contributed by atoms with Crippen LogP contribution < -0.4 is 11.2 Å². The molecule has 0 aromatic carbocycles. The van der Waals surface area contributed by atoms with Crippen LogP contribution in [0.5, 0.6) is 0 Å². The van der Waals surface area contributed by atoms with Crippen LogP contribution in [0, 0.1) is 6.92 Å². The van der Waals surface area contributed by atoms with Crippen molar-refractivity contribution in [2.24, 2.45) is 14.1 Å². The molecule has 0 amide bonds. The van der Waals surface area contributed by atoms with Crippen LogP contribution in [0.15, 0.2) is 9.59 Å². The average Bonchev–Trinajstić information content (AvgIpc) is 2.79. The number of fused-ring (bicyclic) bond motifs is 3. The van der Waals surface area contributed by atoms with E-state index in [4.69, 9.17) is 0 Å². The summed E-state index contributed by atoms with van der Waals surface area (Å²) in [6, 6.07) is 0. The Morgan fingerprint density at radius 3 is 2.59 bits per heavy atom. The van der Waals surface area contributed by atoms with Gasteiger partial charge in [0.05, 0.1) is 0 Å². The molecule has 0 radical (unpaired) electrons. The van der Waals surface area contributed by atoms with Gasteiger partial charge in [-0.05, 0) is 6.92 Å². The average molecular weight is 251 g/mol. The molecule has 0 unspecified atom stereocenters. The molecule has 0 atom stereocenters. The van der Waals surface area contributed by atoms with Crippen molar-refractivity contribution < 1.29 is 0 Å². The summed E-state index contributed by atoms with van der Waals surface area (Å²) in [6.07, 6.45) is 0. The Hall–Kier alpha value is -1.96. The van der Waals surface area contributed by atoms with Crippen molar-refractivity contribution in [3.8, 4) is 0 Å². The highest BCUT2D eigenvalue weighted by atomic mass is 32.1. The van der Waals surface area contributed by atoms with Crippen LogP contribution in [0.1, 0.15) is 5.01 Å². The van der Waals surface area contributed by atoms with Crippen LogP contribution in [0.4, 0.5) is 0 Å². The maximum Gasteiger partial charge on any atom is 0.332 e. The fourth-order valence-corrected chi connectivity index (χ4v) is 2.55. The second-order valence-electron chi connectivity index (χ2n) is 3.81. The minimum absolute atomic E-state index is 0.342. The molecule has 3 aromatic rings. The predicted octanol–water partition coefficient (Wildman–Crippen LogP) is -0.350. The van der Waals surface area contributed by atoms with E-state index in [0.717, 1.165) is 9.57 Å². The maximum atomic E-state index is 12.0. The SMILES string of the molecule is Cc1nn2c(nc3c2c(=O)n(C)c(=O)n3C)s1. The van der Waals surface area contributed by atoms with Gasteiger partial charge in [0.2, 0.25) is 4.96 Å². The van der Waals surface area contributed by atoms with Crippen LogP contribution in [0.3, 0.4) is 0 Å². The minimum atomic E-state index is -0.384. The molecular weight excluding hydrogens is 242 g/mol. The van der Waals surface area contributed by atoms with E-state index < -0.39 is 0 Å². The van der Waals surface area contributed by atoms with Gasteiger partial charge in [-0.15, -0.1) is 0 Å². The summed E-state index contributed by atoms with van der Waals surface area (Å²) >= 11 is 1.38. The molecular formula is C9H9N5O2S. The fourth-order valence-electron chi connectivity index (χ4n) is 1.81. The Balaban J connectivity index is 2.73. The van der Waals surface area contributed by atoms with Crippen molar-refractivity contribution in [1.29, 1.82) is 0 Å². The van der Waals surface area contributed by atoms with E-state index >= 15 is 0 Å². The van der Waals surface area contributed by atoms with E-state index in [1.807, 2.05) is 6.92 Å². The number of aryl methyl sites for hydroxylation is 2. The first-order chi connectivity index (χ1) is 8.00. The van der Waals surface area contributed by atoms with E-state index in [1.54, 1.807) is 7.05 Å². The second kappa shape index (κ2) is 3.04. The van der Waals surface area contributed by atoms with Gasteiger partial charge in [-0.1, -0.05) is 11.3 Å². The first-order valence-electron chi connectivity index (χ1n) is 4.92. The topological polar surface area (TPSA) is 74.2 Å². The van der Waals surface area contributed by atoms with E-state index in [1.165, 1.54) is 27.5 Å². The second-order valence-corrected chi connectivity index (χ2v) is 4.97. The van der Waals surface area contributed by atoms with E-state index in [0.29, 0.717) is 16.1 Å². The lowest BCUT2D eigenvalue weighted by Gasteiger charge is -2.01. The normalized spacial score (nSPS) is 11.7. The Morgan fingerprint density at radius 1 is 1.18 bits per heavy atom. The van der Waals surface area contributed by atoms with Crippen LogP contribution in [-0.2, 0) is 14.1 Å².